The fourth-order valence-electron chi connectivity index (χ4n) is 1.90. The maximum Gasteiger partial charge on any atom is 0.372 e. The summed E-state index contributed by atoms with van der Waals surface area (Å²) in [4.78, 5) is 12.5. The Kier molecular flexibility index (Phi) is 2.57. The summed E-state index contributed by atoms with van der Waals surface area (Å²) in [6.45, 7) is 0.263. The van der Waals surface area contributed by atoms with Crippen molar-refractivity contribution in [2.45, 2.75) is 6.54 Å². The van der Waals surface area contributed by atoms with E-state index < -0.39 is 0 Å². The summed E-state index contributed by atoms with van der Waals surface area (Å²) in [5, 5.41) is 9.93. The van der Waals surface area contributed by atoms with Crippen molar-refractivity contribution >= 4 is 49.6 Å². The first-order valence-corrected chi connectivity index (χ1v) is 6.94. The van der Waals surface area contributed by atoms with Crippen LogP contribution < -0.4 is 4.57 Å². The summed E-state index contributed by atoms with van der Waals surface area (Å²) in [6.07, 6.45) is 2.02. The van der Waals surface area contributed by atoms with Gasteiger partial charge in [-0.15, -0.1) is 0 Å². The van der Waals surface area contributed by atoms with Gasteiger partial charge in [-0.05, 0) is 16.8 Å². The Bertz CT molecular complexity index is 699. The van der Waals surface area contributed by atoms with Crippen molar-refractivity contribution < 1.29 is 14.1 Å². The van der Waals surface area contributed by atoms with E-state index in [1.54, 1.807) is 22.7 Å². The van der Waals surface area contributed by atoms with Crippen molar-refractivity contribution in [2.24, 2.45) is 0 Å². The van der Waals surface area contributed by atoms with Gasteiger partial charge < -0.3 is 4.74 Å². The van der Waals surface area contributed by atoms with E-state index in [2.05, 4.69) is 22.2 Å². The molecule has 0 aliphatic heterocycles. The van der Waals surface area contributed by atoms with Crippen LogP contribution in [-0.4, -0.2) is 13.1 Å². The van der Waals surface area contributed by atoms with Crippen LogP contribution in [0.3, 0.4) is 0 Å². The third-order valence-electron chi connectivity index (χ3n) is 2.71. The monoisotopic (exact) mass is 264 g/mol. The SMILES string of the molecule is COC(=O)C[n+]1cc2cscc2c2ccsc21. The zero-order chi connectivity index (χ0) is 11.8. The zero-order valence-electron chi connectivity index (χ0n) is 9.17. The Morgan fingerprint density at radius 3 is 3.12 bits per heavy atom. The number of fused-ring (bicyclic) bond motifs is 3. The predicted molar refractivity (Wildman–Crippen MR) is 69.4 cm³/mol. The number of thiophene rings is 2. The molecule has 0 fully saturated rings. The van der Waals surface area contributed by atoms with Gasteiger partial charge in [-0.1, -0.05) is 11.3 Å². The van der Waals surface area contributed by atoms with E-state index in [1.807, 2.05) is 10.8 Å². The minimum Gasteiger partial charge on any atom is -0.464 e. The average Bonchev–Trinajstić information content (AvgIpc) is 2.95. The van der Waals surface area contributed by atoms with Crippen LogP contribution in [0.15, 0.2) is 28.4 Å². The van der Waals surface area contributed by atoms with E-state index in [1.165, 1.54) is 23.3 Å². The van der Waals surface area contributed by atoms with Gasteiger partial charge in [-0.3, -0.25) is 0 Å². The van der Waals surface area contributed by atoms with E-state index in [9.17, 15) is 4.79 Å². The molecule has 0 bridgehead atoms. The van der Waals surface area contributed by atoms with Gasteiger partial charge in [0.1, 0.15) is 0 Å². The summed E-state index contributed by atoms with van der Waals surface area (Å²) < 4.78 is 6.68. The predicted octanol–water partition coefficient (Wildman–Crippen LogP) is 2.58. The van der Waals surface area contributed by atoms with Gasteiger partial charge in [0, 0.05) is 10.8 Å². The molecule has 0 amide bonds. The number of ether oxygens (including phenoxy) is 1. The third-order valence-corrected chi connectivity index (χ3v) is 4.42. The molecule has 0 spiro atoms. The van der Waals surface area contributed by atoms with Gasteiger partial charge in [-0.25, -0.2) is 4.79 Å². The molecule has 0 unspecified atom stereocenters. The van der Waals surface area contributed by atoms with Crippen molar-refractivity contribution in [2.75, 3.05) is 7.11 Å². The topological polar surface area (TPSA) is 30.2 Å². The highest BCUT2D eigenvalue weighted by Gasteiger charge is 2.18. The summed E-state index contributed by atoms with van der Waals surface area (Å²) in [5.74, 6) is -0.223. The normalized spacial score (nSPS) is 11.1. The molecule has 3 heterocycles. The summed E-state index contributed by atoms with van der Waals surface area (Å²) in [6, 6.07) is 2.10. The second kappa shape index (κ2) is 4.09. The average molecular weight is 264 g/mol. The first-order chi connectivity index (χ1) is 8.29. The molecule has 3 nitrogen and oxygen atoms in total. The summed E-state index contributed by atoms with van der Waals surface area (Å²) in [7, 11) is 1.41. The van der Waals surface area contributed by atoms with Crippen LogP contribution >= 0.6 is 22.7 Å². The Morgan fingerprint density at radius 1 is 1.41 bits per heavy atom. The van der Waals surface area contributed by atoms with Crippen molar-refractivity contribution in [3.05, 3.63) is 28.4 Å². The number of rotatable bonds is 2. The van der Waals surface area contributed by atoms with Crippen LogP contribution in [0.4, 0.5) is 0 Å². The van der Waals surface area contributed by atoms with Crippen LogP contribution in [0.25, 0.3) is 21.0 Å². The van der Waals surface area contributed by atoms with Crippen LogP contribution in [0.2, 0.25) is 0 Å². The molecule has 0 N–H and O–H groups in total. The number of nitrogens with zero attached hydrogens (tertiary/aromatic N) is 1. The van der Waals surface area contributed by atoms with Crippen molar-refractivity contribution in [3.8, 4) is 0 Å². The molecule has 3 aromatic heterocycles. The fraction of sp³-hybridized carbons (Fsp3) is 0.167. The molecule has 3 aromatic rings. The van der Waals surface area contributed by atoms with E-state index in [-0.39, 0.29) is 12.5 Å². The fourth-order valence-corrected chi connectivity index (χ4v) is 3.59. The lowest BCUT2D eigenvalue weighted by Crippen LogP contribution is -2.38. The summed E-state index contributed by atoms with van der Waals surface area (Å²) in [5.41, 5.74) is 0. The Balaban J connectivity index is 2.26. The lowest BCUT2D eigenvalue weighted by molar-refractivity contribution is -0.656. The molecular formula is C12H10NO2S2+. The Hall–Kier alpha value is -1.46. The molecule has 0 saturated heterocycles. The molecule has 5 heteroatoms. The molecule has 0 atom stereocenters. The number of aromatic nitrogens is 1. The lowest BCUT2D eigenvalue weighted by atomic mass is 10.2. The Labute approximate surface area is 106 Å². The molecule has 0 aromatic carbocycles. The van der Waals surface area contributed by atoms with Gasteiger partial charge in [0.05, 0.1) is 17.9 Å². The minimum absolute atomic E-state index is 0.223. The number of carbonyl (C=O) groups excluding carboxylic acids is 1. The largest absolute Gasteiger partial charge is 0.464 e. The molecule has 0 aliphatic carbocycles. The highest BCUT2D eigenvalue weighted by atomic mass is 32.1. The third kappa shape index (κ3) is 1.71. The highest BCUT2D eigenvalue weighted by Crippen LogP contribution is 2.28. The van der Waals surface area contributed by atoms with Gasteiger partial charge in [0.2, 0.25) is 6.54 Å². The highest BCUT2D eigenvalue weighted by molar-refractivity contribution is 7.16. The van der Waals surface area contributed by atoms with Gasteiger partial charge in [-0.2, -0.15) is 15.9 Å². The Morgan fingerprint density at radius 2 is 2.29 bits per heavy atom. The van der Waals surface area contributed by atoms with Crippen molar-refractivity contribution in [1.82, 2.24) is 0 Å². The maximum atomic E-state index is 11.4. The van der Waals surface area contributed by atoms with Crippen LogP contribution in [-0.2, 0) is 16.1 Å². The molecule has 0 radical (unpaired) electrons. The number of esters is 1. The maximum absolute atomic E-state index is 11.4. The van der Waals surface area contributed by atoms with Gasteiger partial charge >= 0.3 is 5.97 Å². The van der Waals surface area contributed by atoms with E-state index in [4.69, 9.17) is 4.74 Å². The van der Waals surface area contributed by atoms with Crippen LogP contribution in [0, 0.1) is 0 Å². The van der Waals surface area contributed by atoms with Crippen LogP contribution in [0.5, 0.6) is 0 Å². The molecule has 3 rings (SSSR count). The smallest absolute Gasteiger partial charge is 0.372 e. The van der Waals surface area contributed by atoms with Crippen molar-refractivity contribution in [3.63, 3.8) is 0 Å². The summed E-state index contributed by atoms with van der Waals surface area (Å²) >= 11 is 3.32. The minimum atomic E-state index is -0.223. The zero-order valence-corrected chi connectivity index (χ0v) is 10.8. The van der Waals surface area contributed by atoms with E-state index in [0.717, 1.165) is 4.83 Å². The standard InChI is InChI=1S/C12H10NO2S2/c1-15-11(14)5-13-4-8-6-16-7-10(8)9-2-3-17-12(9)13/h2-4,6-7H,5H2,1H3/q+1. The number of carbonyl (C=O) groups is 1. The molecule has 17 heavy (non-hydrogen) atoms. The molecule has 86 valence electrons. The van der Waals surface area contributed by atoms with Crippen LogP contribution in [0.1, 0.15) is 0 Å². The quantitative estimate of drug-likeness (QED) is 0.526. The van der Waals surface area contributed by atoms with Crippen molar-refractivity contribution in [1.29, 1.82) is 0 Å². The number of hydrogen-bond donors (Lipinski definition) is 0. The second-order valence-electron chi connectivity index (χ2n) is 3.71. The first kappa shape index (κ1) is 10.7. The lowest BCUT2D eigenvalue weighted by Gasteiger charge is -1.98. The van der Waals surface area contributed by atoms with Gasteiger partial charge in [0.25, 0.3) is 4.83 Å². The molecular weight excluding hydrogens is 254 g/mol. The number of hydrogen-bond acceptors (Lipinski definition) is 4. The number of methoxy groups -OCH3 is 1. The number of pyridine rings is 1. The van der Waals surface area contributed by atoms with E-state index in [0.29, 0.717) is 0 Å². The second-order valence-corrected chi connectivity index (χ2v) is 5.35. The van der Waals surface area contributed by atoms with Gasteiger partial charge in [0.15, 0.2) is 6.20 Å². The first-order valence-electron chi connectivity index (χ1n) is 5.12. The molecule has 0 saturated carbocycles. The van der Waals surface area contributed by atoms with E-state index >= 15 is 0 Å². The molecule has 0 aliphatic rings.